The van der Waals surface area contributed by atoms with E-state index >= 15 is 0 Å². The lowest BCUT2D eigenvalue weighted by molar-refractivity contribution is -0.0621. The number of methoxy groups -OCH3 is 2. The van der Waals surface area contributed by atoms with Crippen molar-refractivity contribution in [3.8, 4) is 11.5 Å². The number of aliphatic hydroxyl groups is 2. The van der Waals surface area contributed by atoms with Crippen LogP contribution in [0.1, 0.15) is 62.5 Å². The van der Waals surface area contributed by atoms with Gasteiger partial charge in [-0.2, -0.15) is 0 Å². The molecule has 0 heterocycles. The number of hydrogen-bond acceptors (Lipinski definition) is 6. The van der Waals surface area contributed by atoms with E-state index in [2.05, 4.69) is 38.0 Å². The maximum atomic E-state index is 11.2. The Bertz CT molecular complexity index is 924. The highest BCUT2D eigenvalue weighted by atomic mass is 35.5. The third kappa shape index (κ3) is 8.58. The minimum atomic E-state index is -0.711. The lowest BCUT2D eigenvalue weighted by Crippen LogP contribution is -2.43. The van der Waals surface area contributed by atoms with E-state index in [0.29, 0.717) is 11.8 Å². The highest BCUT2D eigenvalue weighted by Gasteiger charge is 2.41. The Morgan fingerprint density at radius 3 is 1.41 bits per heavy atom. The summed E-state index contributed by atoms with van der Waals surface area (Å²) in [6, 6.07) is 15.8. The standard InChI is InChI=1S/2C16H25NO2.ClH/c2*1-17(2)12-14-7-4-5-10-16(14,18)13-8-6-9-15(11-13)19-3;/h2*6,8-9,11,14,18H,4-5,7,10,12H2,1-3H3;1H/t2*14-,16+;/m11./s1. The first-order valence-corrected chi connectivity index (χ1v) is 14.2. The molecule has 4 atom stereocenters. The van der Waals surface area contributed by atoms with Crippen molar-refractivity contribution in [1.29, 1.82) is 0 Å². The zero-order chi connectivity index (χ0) is 27.8. The molecular formula is C32H51ClN2O4. The van der Waals surface area contributed by atoms with Gasteiger partial charge < -0.3 is 29.5 Å². The normalized spacial score (nSPS) is 26.8. The Balaban J connectivity index is 0.000000267. The summed E-state index contributed by atoms with van der Waals surface area (Å²) in [5.74, 6) is 2.23. The molecule has 2 aliphatic carbocycles. The van der Waals surface area contributed by atoms with Crippen molar-refractivity contribution in [2.24, 2.45) is 11.8 Å². The predicted octanol–water partition coefficient (Wildman–Crippen LogP) is 5.69. The number of benzene rings is 2. The molecule has 7 heteroatoms. The van der Waals surface area contributed by atoms with Crippen LogP contribution in [-0.4, -0.2) is 75.5 Å². The van der Waals surface area contributed by atoms with Crippen LogP contribution in [0, 0.1) is 11.8 Å². The van der Waals surface area contributed by atoms with Crippen LogP contribution >= 0.6 is 12.4 Å². The second-order valence-electron chi connectivity index (χ2n) is 11.7. The molecule has 0 spiro atoms. The average Bonchev–Trinajstić information content (AvgIpc) is 2.91. The summed E-state index contributed by atoms with van der Waals surface area (Å²) in [6.45, 7) is 1.85. The fourth-order valence-corrected chi connectivity index (χ4v) is 6.37. The minimum absolute atomic E-state index is 0. The van der Waals surface area contributed by atoms with Crippen molar-refractivity contribution in [1.82, 2.24) is 9.80 Å². The average molecular weight is 563 g/mol. The summed E-state index contributed by atoms with van der Waals surface area (Å²) in [4.78, 5) is 4.34. The summed E-state index contributed by atoms with van der Waals surface area (Å²) >= 11 is 0. The van der Waals surface area contributed by atoms with E-state index in [-0.39, 0.29) is 12.4 Å². The van der Waals surface area contributed by atoms with Crippen LogP contribution in [-0.2, 0) is 11.2 Å². The van der Waals surface area contributed by atoms with E-state index in [1.54, 1.807) is 14.2 Å². The van der Waals surface area contributed by atoms with Crippen molar-refractivity contribution < 1.29 is 19.7 Å². The van der Waals surface area contributed by atoms with E-state index in [0.717, 1.165) is 74.2 Å². The largest absolute Gasteiger partial charge is 0.497 e. The van der Waals surface area contributed by atoms with Crippen LogP contribution in [0.5, 0.6) is 11.5 Å². The molecule has 0 amide bonds. The molecule has 6 nitrogen and oxygen atoms in total. The molecule has 220 valence electrons. The molecule has 2 fully saturated rings. The van der Waals surface area contributed by atoms with Gasteiger partial charge in [0.25, 0.3) is 0 Å². The van der Waals surface area contributed by atoms with Gasteiger partial charge in [-0.05, 0) is 89.3 Å². The van der Waals surface area contributed by atoms with Crippen LogP contribution in [0.3, 0.4) is 0 Å². The minimum Gasteiger partial charge on any atom is -0.497 e. The molecule has 0 radical (unpaired) electrons. The molecule has 4 rings (SSSR count). The Morgan fingerprint density at radius 1 is 0.692 bits per heavy atom. The van der Waals surface area contributed by atoms with E-state index < -0.39 is 11.2 Å². The molecule has 39 heavy (non-hydrogen) atoms. The predicted molar refractivity (Wildman–Crippen MR) is 162 cm³/mol. The van der Waals surface area contributed by atoms with Gasteiger partial charge >= 0.3 is 0 Å². The lowest BCUT2D eigenvalue weighted by atomic mass is 9.71. The van der Waals surface area contributed by atoms with Gasteiger partial charge in [0.15, 0.2) is 0 Å². The Labute approximate surface area is 242 Å². The number of nitrogens with zero attached hydrogens (tertiary/aromatic N) is 2. The first kappa shape index (κ1) is 33.4. The van der Waals surface area contributed by atoms with Gasteiger partial charge in [-0.3, -0.25) is 0 Å². The molecule has 0 aromatic heterocycles. The van der Waals surface area contributed by atoms with Gasteiger partial charge in [-0.1, -0.05) is 49.9 Å². The molecule has 2 aromatic carbocycles. The number of rotatable bonds is 8. The maximum absolute atomic E-state index is 11.2. The van der Waals surface area contributed by atoms with Crippen molar-refractivity contribution in [2.75, 3.05) is 55.5 Å². The molecular weight excluding hydrogens is 512 g/mol. The van der Waals surface area contributed by atoms with Crippen molar-refractivity contribution >= 4 is 12.4 Å². The van der Waals surface area contributed by atoms with Gasteiger partial charge in [-0.25, -0.2) is 0 Å². The molecule has 0 saturated heterocycles. The quantitative estimate of drug-likeness (QED) is 0.431. The molecule has 2 aliphatic rings. The third-order valence-electron chi connectivity index (χ3n) is 8.38. The number of halogens is 1. The highest BCUT2D eigenvalue weighted by Crippen LogP contribution is 2.44. The molecule has 2 aromatic rings. The Kier molecular flexibility index (Phi) is 13.0. The summed E-state index contributed by atoms with van der Waals surface area (Å²) in [7, 11) is 11.6. The van der Waals surface area contributed by atoms with Crippen molar-refractivity contribution in [3.63, 3.8) is 0 Å². The van der Waals surface area contributed by atoms with Gasteiger partial charge in [0.05, 0.1) is 25.4 Å². The first-order chi connectivity index (χ1) is 18.1. The van der Waals surface area contributed by atoms with E-state index in [1.165, 1.54) is 12.8 Å². The number of ether oxygens (including phenoxy) is 2. The molecule has 0 bridgehead atoms. The van der Waals surface area contributed by atoms with Gasteiger partial charge in [0, 0.05) is 24.9 Å². The fraction of sp³-hybridized carbons (Fsp3) is 0.625. The highest BCUT2D eigenvalue weighted by molar-refractivity contribution is 5.85. The Hall–Kier alpha value is -1.83. The van der Waals surface area contributed by atoms with Crippen LogP contribution in [0.2, 0.25) is 0 Å². The lowest BCUT2D eigenvalue weighted by Gasteiger charge is -2.41. The van der Waals surface area contributed by atoms with Crippen molar-refractivity contribution in [2.45, 2.75) is 62.6 Å². The molecule has 2 saturated carbocycles. The van der Waals surface area contributed by atoms with Gasteiger partial charge in [0.1, 0.15) is 11.5 Å². The molecule has 0 unspecified atom stereocenters. The summed E-state index contributed by atoms with van der Waals surface area (Å²) in [5.41, 5.74) is 0.575. The zero-order valence-electron chi connectivity index (χ0n) is 24.9. The van der Waals surface area contributed by atoms with Crippen LogP contribution in [0.25, 0.3) is 0 Å². The summed E-state index contributed by atoms with van der Waals surface area (Å²) in [6.07, 6.45) is 8.49. The van der Waals surface area contributed by atoms with Gasteiger partial charge in [0.2, 0.25) is 0 Å². The third-order valence-corrected chi connectivity index (χ3v) is 8.38. The van der Waals surface area contributed by atoms with E-state index in [4.69, 9.17) is 9.47 Å². The fourth-order valence-electron chi connectivity index (χ4n) is 6.37. The molecule has 0 aliphatic heterocycles. The summed E-state index contributed by atoms with van der Waals surface area (Å²) < 4.78 is 10.6. The second-order valence-corrected chi connectivity index (χ2v) is 11.7. The number of hydrogen-bond donors (Lipinski definition) is 2. The topological polar surface area (TPSA) is 65.4 Å². The van der Waals surface area contributed by atoms with Crippen molar-refractivity contribution in [3.05, 3.63) is 59.7 Å². The van der Waals surface area contributed by atoms with Gasteiger partial charge in [-0.15, -0.1) is 12.4 Å². The van der Waals surface area contributed by atoms with E-state index in [1.807, 2.05) is 48.5 Å². The monoisotopic (exact) mass is 562 g/mol. The first-order valence-electron chi connectivity index (χ1n) is 14.2. The second kappa shape index (κ2) is 15.2. The SMILES string of the molecule is COc1cccc([C@@]2(O)CCCC[C@@H]2CN(C)C)c1.COc1cccc([C@@]2(O)CCCC[C@@H]2CN(C)C)c1.Cl. The summed E-state index contributed by atoms with van der Waals surface area (Å²) in [5, 5.41) is 22.4. The van der Waals surface area contributed by atoms with E-state index in [9.17, 15) is 10.2 Å². The zero-order valence-corrected chi connectivity index (χ0v) is 25.7. The maximum Gasteiger partial charge on any atom is 0.119 e. The molecule has 2 N–H and O–H groups in total. The van der Waals surface area contributed by atoms with Crippen LogP contribution < -0.4 is 9.47 Å². The smallest absolute Gasteiger partial charge is 0.119 e. The van der Waals surface area contributed by atoms with Crippen LogP contribution in [0.15, 0.2) is 48.5 Å². The Morgan fingerprint density at radius 2 is 1.08 bits per heavy atom. The van der Waals surface area contributed by atoms with Crippen LogP contribution in [0.4, 0.5) is 0 Å².